The maximum atomic E-state index is 12.6. The van der Waals surface area contributed by atoms with Crippen molar-refractivity contribution in [2.24, 2.45) is 0 Å². The molecule has 0 atom stereocenters. The maximum Gasteiger partial charge on any atom is 0.416 e. The number of alkyl halides is 3. The van der Waals surface area contributed by atoms with Crippen LogP contribution in [0, 0.1) is 13.8 Å². The Morgan fingerprint density at radius 2 is 1.52 bits per heavy atom. The minimum Gasteiger partial charge on any atom is -0.341 e. The van der Waals surface area contributed by atoms with Gasteiger partial charge in [0.25, 0.3) is 10.0 Å². The van der Waals surface area contributed by atoms with E-state index in [0.29, 0.717) is 17.3 Å². The van der Waals surface area contributed by atoms with E-state index in [1.807, 2.05) is 4.90 Å². The Balaban J connectivity index is 1.87. The molecule has 10 heteroatoms. The second-order valence-corrected chi connectivity index (χ2v) is 8.07. The van der Waals surface area contributed by atoms with Crippen LogP contribution in [0.25, 0.3) is 0 Å². The molecule has 1 aromatic carbocycles. The van der Waals surface area contributed by atoms with Crippen LogP contribution in [0.5, 0.6) is 0 Å². The zero-order chi connectivity index (χ0) is 19.8. The molecule has 1 N–H and O–H groups in total. The van der Waals surface area contributed by atoms with Crippen molar-refractivity contribution in [3.05, 3.63) is 41.2 Å². The van der Waals surface area contributed by atoms with Gasteiger partial charge in [0, 0.05) is 13.1 Å². The van der Waals surface area contributed by atoms with E-state index in [9.17, 15) is 21.6 Å². The van der Waals surface area contributed by atoms with Gasteiger partial charge in [0.2, 0.25) is 5.95 Å². The lowest BCUT2D eigenvalue weighted by Crippen LogP contribution is -2.22. The zero-order valence-corrected chi connectivity index (χ0v) is 15.7. The molecule has 1 aliphatic rings. The van der Waals surface area contributed by atoms with E-state index in [1.54, 1.807) is 13.8 Å². The zero-order valence-electron chi connectivity index (χ0n) is 14.8. The number of sulfonamides is 1. The van der Waals surface area contributed by atoms with Crippen LogP contribution in [-0.2, 0) is 16.2 Å². The van der Waals surface area contributed by atoms with Gasteiger partial charge < -0.3 is 4.90 Å². The van der Waals surface area contributed by atoms with Gasteiger partial charge in [-0.05, 0) is 51.0 Å². The van der Waals surface area contributed by atoms with Gasteiger partial charge in [0.05, 0.1) is 27.5 Å². The lowest BCUT2D eigenvalue weighted by molar-refractivity contribution is -0.137. The normalized spacial score (nSPS) is 15.2. The van der Waals surface area contributed by atoms with Crippen LogP contribution >= 0.6 is 0 Å². The summed E-state index contributed by atoms with van der Waals surface area (Å²) in [5, 5.41) is 0. The average Bonchev–Trinajstić information content (AvgIpc) is 3.12. The van der Waals surface area contributed by atoms with Crippen molar-refractivity contribution in [3.63, 3.8) is 0 Å². The molecule has 0 radical (unpaired) electrons. The van der Waals surface area contributed by atoms with E-state index in [1.165, 1.54) is 0 Å². The molecule has 1 aliphatic heterocycles. The molecule has 3 rings (SSSR count). The van der Waals surface area contributed by atoms with Crippen LogP contribution in [0.15, 0.2) is 29.2 Å². The molecule has 1 fully saturated rings. The molecule has 0 bridgehead atoms. The van der Waals surface area contributed by atoms with Crippen molar-refractivity contribution >= 4 is 21.7 Å². The standard InChI is InChI=1S/C17H19F3N4O2S/c1-11-15(12(2)22-16(21-11)24-9-3-4-10-24)23-27(25,26)14-7-5-13(6-8-14)17(18,19)20/h5-8,23H,3-4,9-10H2,1-2H3. The summed E-state index contributed by atoms with van der Waals surface area (Å²) in [5.74, 6) is 0.556. The molecule has 27 heavy (non-hydrogen) atoms. The summed E-state index contributed by atoms with van der Waals surface area (Å²) in [4.78, 5) is 10.5. The first-order valence-electron chi connectivity index (χ1n) is 8.38. The second-order valence-electron chi connectivity index (χ2n) is 6.39. The van der Waals surface area contributed by atoms with Crippen LogP contribution in [0.1, 0.15) is 29.8 Å². The first kappa shape index (κ1) is 19.4. The third-order valence-corrected chi connectivity index (χ3v) is 5.74. The quantitative estimate of drug-likeness (QED) is 0.850. The molecule has 1 aromatic heterocycles. The van der Waals surface area contributed by atoms with Crippen LogP contribution < -0.4 is 9.62 Å². The SMILES string of the molecule is Cc1nc(N2CCCC2)nc(C)c1NS(=O)(=O)c1ccc(C(F)(F)F)cc1. The number of hydrogen-bond acceptors (Lipinski definition) is 5. The molecule has 0 spiro atoms. The number of aromatic nitrogens is 2. The number of aryl methyl sites for hydroxylation is 2. The first-order valence-corrected chi connectivity index (χ1v) is 9.86. The van der Waals surface area contributed by atoms with Gasteiger partial charge in [-0.1, -0.05) is 0 Å². The monoisotopic (exact) mass is 400 g/mol. The van der Waals surface area contributed by atoms with Crippen molar-refractivity contribution in [2.45, 2.75) is 37.8 Å². The van der Waals surface area contributed by atoms with E-state index in [0.717, 1.165) is 50.2 Å². The Bertz CT molecular complexity index is 915. The van der Waals surface area contributed by atoms with Gasteiger partial charge in [-0.15, -0.1) is 0 Å². The first-order chi connectivity index (χ1) is 12.6. The Labute approximate surface area is 155 Å². The minimum absolute atomic E-state index is 0.234. The highest BCUT2D eigenvalue weighted by molar-refractivity contribution is 7.92. The van der Waals surface area contributed by atoms with Crippen LogP contribution in [0.2, 0.25) is 0 Å². The number of hydrogen-bond donors (Lipinski definition) is 1. The predicted molar refractivity (Wildman–Crippen MR) is 95.2 cm³/mol. The molecule has 2 aromatic rings. The number of anilines is 2. The van der Waals surface area contributed by atoms with Gasteiger partial charge in [0.15, 0.2) is 0 Å². The van der Waals surface area contributed by atoms with Crippen LogP contribution in [0.3, 0.4) is 0 Å². The molecular formula is C17H19F3N4O2S. The van der Waals surface area contributed by atoms with Crippen LogP contribution in [-0.4, -0.2) is 31.5 Å². The fourth-order valence-corrected chi connectivity index (χ4v) is 4.10. The molecule has 2 heterocycles. The third kappa shape index (κ3) is 4.15. The van der Waals surface area contributed by atoms with Gasteiger partial charge in [-0.3, -0.25) is 4.72 Å². The summed E-state index contributed by atoms with van der Waals surface area (Å²) >= 11 is 0. The van der Waals surface area contributed by atoms with Gasteiger partial charge in [-0.2, -0.15) is 13.2 Å². The number of rotatable bonds is 4. The molecule has 146 valence electrons. The van der Waals surface area contributed by atoms with Crippen molar-refractivity contribution in [1.82, 2.24) is 9.97 Å². The number of halogens is 3. The van der Waals surface area contributed by atoms with E-state index in [-0.39, 0.29) is 10.6 Å². The molecule has 0 saturated carbocycles. The Morgan fingerprint density at radius 3 is 2.00 bits per heavy atom. The van der Waals surface area contributed by atoms with Crippen molar-refractivity contribution < 1.29 is 21.6 Å². The molecule has 0 aliphatic carbocycles. The average molecular weight is 400 g/mol. The van der Waals surface area contributed by atoms with Crippen molar-refractivity contribution in [1.29, 1.82) is 0 Å². The van der Waals surface area contributed by atoms with Crippen molar-refractivity contribution in [2.75, 3.05) is 22.7 Å². The largest absolute Gasteiger partial charge is 0.416 e. The van der Waals surface area contributed by atoms with Crippen molar-refractivity contribution in [3.8, 4) is 0 Å². The smallest absolute Gasteiger partial charge is 0.341 e. The lowest BCUT2D eigenvalue weighted by Gasteiger charge is -2.19. The fraction of sp³-hybridized carbons (Fsp3) is 0.412. The third-order valence-electron chi connectivity index (χ3n) is 4.38. The number of nitrogens with one attached hydrogen (secondary N) is 1. The fourth-order valence-electron chi connectivity index (χ4n) is 2.92. The summed E-state index contributed by atoms with van der Waals surface area (Å²) in [5.41, 5.74) is 0.240. The highest BCUT2D eigenvalue weighted by Crippen LogP contribution is 2.30. The summed E-state index contributed by atoms with van der Waals surface area (Å²) in [6, 6.07) is 3.33. The maximum absolute atomic E-state index is 12.6. The van der Waals surface area contributed by atoms with Gasteiger partial charge >= 0.3 is 6.18 Å². The topological polar surface area (TPSA) is 75.2 Å². The molecule has 1 saturated heterocycles. The second kappa shape index (κ2) is 6.99. The summed E-state index contributed by atoms with van der Waals surface area (Å²) < 4.78 is 65.4. The summed E-state index contributed by atoms with van der Waals surface area (Å²) in [6.07, 6.45) is -2.41. The molecule has 6 nitrogen and oxygen atoms in total. The summed E-state index contributed by atoms with van der Waals surface area (Å²) in [7, 11) is -4.06. The summed E-state index contributed by atoms with van der Waals surface area (Å²) in [6.45, 7) is 5.04. The molecule has 0 amide bonds. The van der Waals surface area contributed by atoms with E-state index >= 15 is 0 Å². The number of benzene rings is 1. The van der Waals surface area contributed by atoms with Gasteiger partial charge in [0.1, 0.15) is 0 Å². The Kier molecular flexibility index (Phi) is 5.02. The molecular weight excluding hydrogens is 381 g/mol. The minimum atomic E-state index is -4.53. The Hall–Kier alpha value is -2.36. The van der Waals surface area contributed by atoms with Crippen LogP contribution in [0.4, 0.5) is 24.8 Å². The Morgan fingerprint density at radius 1 is 1.00 bits per heavy atom. The predicted octanol–water partition coefficient (Wildman–Crippen LogP) is 3.51. The van der Waals surface area contributed by atoms with E-state index < -0.39 is 21.8 Å². The van der Waals surface area contributed by atoms with E-state index in [2.05, 4.69) is 14.7 Å². The van der Waals surface area contributed by atoms with E-state index in [4.69, 9.17) is 0 Å². The molecule has 0 unspecified atom stereocenters. The lowest BCUT2D eigenvalue weighted by atomic mass is 10.2. The van der Waals surface area contributed by atoms with Gasteiger partial charge in [-0.25, -0.2) is 18.4 Å². The number of nitrogens with zero attached hydrogens (tertiary/aromatic N) is 3. The highest BCUT2D eigenvalue weighted by atomic mass is 32.2. The highest BCUT2D eigenvalue weighted by Gasteiger charge is 2.31.